The number of nitrogens with zero attached hydrogens (tertiary/aromatic N) is 5. The Morgan fingerprint density at radius 1 is 1.06 bits per heavy atom. The van der Waals surface area contributed by atoms with Crippen LogP contribution in [0, 0.1) is 0 Å². The molecule has 0 aliphatic carbocycles. The Balaban J connectivity index is 1.28. The van der Waals surface area contributed by atoms with Gasteiger partial charge in [0.1, 0.15) is 0 Å². The SMILES string of the molecule is CCCN(Cc1nnc(-c2cccs2)o1)C(=O)CN1CCN(Cc2ccccc2)CC1. The fourth-order valence-electron chi connectivity index (χ4n) is 3.78. The smallest absolute Gasteiger partial charge is 0.257 e. The first-order chi connectivity index (χ1) is 15.2. The topological polar surface area (TPSA) is 65.7 Å². The number of benzene rings is 1. The molecule has 0 spiro atoms. The lowest BCUT2D eigenvalue weighted by atomic mass is 10.2. The summed E-state index contributed by atoms with van der Waals surface area (Å²) in [4.78, 5) is 20.5. The summed E-state index contributed by atoms with van der Waals surface area (Å²) in [7, 11) is 0. The van der Waals surface area contributed by atoms with Crippen molar-refractivity contribution in [2.24, 2.45) is 0 Å². The van der Waals surface area contributed by atoms with E-state index in [9.17, 15) is 4.79 Å². The van der Waals surface area contributed by atoms with Crippen LogP contribution in [0.2, 0.25) is 0 Å². The van der Waals surface area contributed by atoms with Gasteiger partial charge in [-0.15, -0.1) is 21.5 Å². The normalized spacial score (nSPS) is 15.3. The summed E-state index contributed by atoms with van der Waals surface area (Å²) >= 11 is 1.56. The lowest BCUT2D eigenvalue weighted by molar-refractivity contribution is -0.133. The van der Waals surface area contributed by atoms with Gasteiger partial charge in [-0.3, -0.25) is 14.6 Å². The highest BCUT2D eigenvalue weighted by Gasteiger charge is 2.23. The minimum absolute atomic E-state index is 0.120. The minimum atomic E-state index is 0.120. The van der Waals surface area contributed by atoms with E-state index in [0.717, 1.165) is 44.0 Å². The van der Waals surface area contributed by atoms with E-state index in [-0.39, 0.29) is 5.91 Å². The monoisotopic (exact) mass is 439 g/mol. The molecule has 0 radical (unpaired) electrons. The molecule has 1 fully saturated rings. The maximum Gasteiger partial charge on any atom is 0.257 e. The van der Waals surface area contributed by atoms with Crippen molar-refractivity contribution in [1.29, 1.82) is 0 Å². The first-order valence-corrected chi connectivity index (χ1v) is 11.7. The van der Waals surface area contributed by atoms with Crippen molar-refractivity contribution in [2.75, 3.05) is 39.3 Å². The van der Waals surface area contributed by atoms with E-state index in [1.54, 1.807) is 11.3 Å². The first-order valence-electron chi connectivity index (χ1n) is 10.8. The third-order valence-corrected chi connectivity index (χ3v) is 6.30. The quantitative estimate of drug-likeness (QED) is 0.509. The largest absolute Gasteiger partial charge is 0.418 e. The van der Waals surface area contributed by atoms with E-state index in [0.29, 0.717) is 31.4 Å². The highest BCUT2D eigenvalue weighted by atomic mass is 32.1. The molecule has 0 bridgehead atoms. The fourth-order valence-corrected chi connectivity index (χ4v) is 4.43. The van der Waals surface area contributed by atoms with Crippen molar-refractivity contribution in [1.82, 2.24) is 24.9 Å². The summed E-state index contributed by atoms with van der Waals surface area (Å²) in [5, 5.41) is 10.3. The fraction of sp³-hybridized carbons (Fsp3) is 0.435. The van der Waals surface area contributed by atoms with Gasteiger partial charge in [0.2, 0.25) is 11.8 Å². The number of amides is 1. The van der Waals surface area contributed by atoms with Crippen molar-refractivity contribution >= 4 is 17.2 Å². The molecular weight excluding hydrogens is 410 g/mol. The Labute approximate surface area is 187 Å². The van der Waals surface area contributed by atoms with Crippen LogP contribution in [0.3, 0.4) is 0 Å². The second-order valence-electron chi connectivity index (χ2n) is 7.83. The molecule has 3 aromatic rings. The van der Waals surface area contributed by atoms with Gasteiger partial charge in [0.25, 0.3) is 5.89 Å². The zero-order valence-corrected chi connectivity index (χ0v) is 18.8. The molecule has 8 heteroatoms. The van der Waals surface area contributed by atoms with Crippen LogP contribution in [-0.4, -0.2) is 70.1 Å². The van der Waals surface area contributed by atoms with Gasteiger partial charge in [0.05, 0.1) is 18.0 Å². The molecule has 7 nitrogen and oxygen atoms in total. The van der Waals surface area contributed by atoms with Gasteiger partial charge in [0.15, 0.2) is 0 Å². The Morgan fingerprint density at radius 3 is 2.55 bits per heavy atom. The molecule has 0 saturated carbocycles. The Morgan fingerprint density at radius 2 is 1.84 bits per heavy atom. The Kier molecular flexibility index (Phi) is 7.45. The molecule has 1 saturated heterocycles. The van der Waals surface area contributed by atoms with Gasteiger partial charge in [0, 0.05) is 39.3 Å². The van der Waals surface area contributed by atoms with Crippen LogP contribution in [0.5, 0.6) is 0 Å². The van der Waals surface area contributed by atoms with Crippen LogP contribution >= 0.6 is 11.3 Å². The zero-order valence-electron chi connectivity index (χ0n) is 17.9. The van der Waals surface area contributed by atoms with E-state index in [4.69, 9.17) is 4.42 Å². The average molecular weight is 440 g/mol. The standard InChI is InChI=1S/C23H29N5O2S/c1-2-10-28(17-21-24-25-23(30-21)20-9-6-15-31-20)22(29)18-27-13-11-26(12-14-27)16-19-7-4-3-5-8-19/h3-9,15H,2,10-14,16-18H2,1H3. The zero-order chi connectivity index (χ0) is 21.5. The van der Waals surface area contributed by atoms with Crippen molar-refractivity contribution in [3.8, 4) is 10.8 Å². The van der Waals surface area contributed by atoms with E-state index < -0.39 is 0 Å². The molecule has 164 valence electrons. The first kappa shape index (κ1) is 21.7. The number of carbonyl (C=O) groups excluding carboxylic acids is 1. The lowest BCUT2D eigenvalue weighted by Crippen LogP contribution is -2.49. The number of hydrogen-bond donors (Lipinski definition) is 0. The second-order valence-corrected chi connectivity index (χ2v) is 8.78. The summed E-state index contributed by atoms with van der Waals surface area (Å²) in [6.45, 7) is 8.28. The molecule has 2 aromatic heterocycles. The Hall–Kier alpha value is -2.55. The summed E-state index contributed by atoms with van der Waals surface area (Å²) in [5.74, 6) is 1.12. The van der Waals surface area contributed by atoms with Gasteiger partial charge >= 0.3 is 0 Å². The summed E-state index contributed by atoms with van der Waals surface area (Å²) in [6, 6.07) is 14.5. The minimum Gasteiger partial charge on any atom is -0.418 e. The van der Waals surface area contributed by atoms with Gasteiger partial charge in [-0.2, -0.15) is 0 Å². The maximum absolute atomic E-state index is 13.0. The molecule has 31 heavy (non-hydrogen) atoms. The van der Waals surface area contributed by atoms with Gasteiger partial charge in [-0.25, -0.2) is 0 Å². The van der Waals surface area contributed by atoms with E-state index in [1.807, 2.05) is 28.5 Å². The molecule has 0 unspecified atom stereocenters. The number of hydrogen-bond acceptors (Lipinski definition) is 7. The van der Waals surface area contributed by atoms with E-state index >= 15 is 0 Å². The summed E-state index contributed by atoms with van der Waals surface area (Å²) in [5.41, 5.74) is 1.34. The highest BCUT2D eigenvalue weighted by Crippen LogP contribution is 2.23. The van der Waals surface area contributed by atoms with Gasteiger partial charge in [-0.1, -0.05) is 43.3 Å². The molecule has 0 atom stereocenters. The molecule has 1 aromatic carbocycles. The number of aromatic nitrogens is 2. The van der Waals surface area contributed by atoms with Gasteiger partial charge in [-0.05, 0) is 23.4 Å². The number of carbonyl (C=O) groups is 1. The summed E-state index contributed by atoms with van der Waals surface area (Å²) < 4.78 is 5.79. The van der Waals surface area contributed by atoms with Crippen molar-refractivity contribution in [2.45, 2.75) is 26.4 Å². The number of thiophene rings is 1. The Bertz CT molecular complexity index is 936. The average Bonchev–Trinajstić information content (AvgIpc) is 3.47. The third-order valence-electron chi connectivity index (χ3n) is 5.44. The molecule has 0 N–H and O–H groups in total. The predicted molar refractivity (Wildman–Crippen MR) is 121 cm³/mol. The molecule has 1 aliphatic heterocycles. The van der Waals surface area contributed by atoms with Crippen LogP contribution in [0.25, 0.3) is 10.8 Å². The van der Waals surface area contributed by atoms with Crippen LogP contribution < -0.4 is 0 Å². The van der Waals surface area contributed by atoms with Gasteiger partial charge < -0.3 is 9.32 Å². The van der Waals surface area contributed by atoms with Crippen LogP contribution in [0.4, 0.5) is 0 Å². The molecule has 4 rings (SSSR count). The van der Waals surface area contributed by atoms with E-state index in [1.165, 1.54) is 5.56 Å². The number of piperazine rings is 1. The molecular formula is C23H29N5O2S. The van der Waals surface area contributed by atoms with Crippen LogP contribution in [0.15, 0.2) is 52.3 Å². The van der Waals surface area contributed by atoms with Crippen molar-refractivity contribution < 1.29 is 9.21 Å². The van der Waals surface area contributed by atoms with E-state index in [2.05, 4.69) is 51.2 Å². The molecule has 3 heterocycles. The lowest BCUT2D eigenvalue weighted by Gasteiger charge is -2.35. The molecule has 1 aliphatic rings. The maximum atomic E-state index is 13.0. The number of rotatable bonds is 9. The summed E-state index contributed by atoms with van der Waals surface area (Å²) in [6.07, 6.45) is 0.891. The molecule has 1 amide bonds. The van der Waals surface area contributed by atoms with Crippen LogP contribution in [0.1, 0.15) is 24.8 Å². The third kappa shape index (κ3) is 6.00. The highest BCUT2D eigenvalue weighted by molar-refractivity contribution is 7.13. The van der Waals surface area contributed by atoms with Crippen molar-refractivity contribution in [3.05, 3.63) is 59.3 Å². The van der Waals surface area contributed by atoms with Crippen LogP contribution in [-0.2, 0) is 17.9 Å². The predicted octanol–water partition coefficient (Wildman–Crippen LogP) is 3.35. The van der Waals surface area contributed by atoms with Crippen molar-refractivity contribution in [3.63, 3.8) is 0 Å². The second kappa shape index (κ2) is 10.7.